The van der Waals surface area contributed by atoms with Crippen molar-refractivity contribution >= 4 is 0 Å². The minimum Gasteiger partial charge on any atom is -0.124 e. The van der Waals surface area contributed by atoms with Crippen molar-refractivity contribution in [2.75, 3.05) is 0 Å². The van der Waals surface area contributed by atoms with Gasteiger partial charge in [0.25, 0.3) is 0 Å². The summed E-state index contributed by atoms with van der Waals surface area (Å²) >= 11 is 0. The molecule has 284 valence electrons. The molecule has 0 amide bonds. The number of hydrogen-bond donors (Lipinski definition) is 0. The van der Waals surface area contributed by atoms with E-state index in [-0.39, 0.29) is 21.7 Å². The zero-order valence-electron chi connectivity index (χ0n) is 35.5. The summed E-state index contributed by atoms with van der Waals surface area (Å²) in [7, 11) is 4.39. The highest BCUT2D eigenvalue weighted by molar-refractivity contribution is 5.83. The molecule has 0 radical (unpaired) electrons. The molecule has 2 aromatic heterocycles. The molecule has 0 atom stereocenters. The highest BCUT2D eigenvalue weighted by Gasteiger charge is 2.53. The lowest BCUT2D eigenvalue weighted by molar-refractivity contribution is -0.735. The highest BCUT2D eigenvalue weighted by atomic mass is 15.4. The molecule has 4 heteroatoms. The molecule has 4 nitrogen and oxygen atoms in total. The molecule has 0 unspecified atom stereocenters. The predicted octanol–water partition coefficient (Wildman–Crippen LogP) is 11.4. The molecule has 56 heavy (non-hydrogen) atoms. The van der Waals surface area contributed by atoms with Crippen LogP contribution in [0.2, 0.25) is 0 Å². The van der Waals surface area contributed by atoms with Gasteiger partial charge in [0.2, 0.25) is 11.4 Å². The van der Waals surface area contributed by atoms with Gasteiger partial charge in [-0.1, -0.05) is 159 Å². The van der Waals surface area contributed by atoms with E-state index in [2.05, 4.69) is 236 Å². The van der Waals surface area contributed by atoms with Crippen LogP contribution in [-0.2, 0) is 35.8 Å². The molecule has 2 aliphatic rings. The van der Waals surface area contributed by atoms with E-state index in [1.807, 2.05) is 0 Å². The standard InChI is InChI=1S/C29H31N2.C23H27N2/c1-20-14-13-19-23-25(20)31-27(29(4,5)28(23,2)3)24(21-15-9-7-10-16-21)26(30(31)6)22-17-11-8-12-18-22;1-16-11-10-14-18-21(16)25-20(23(4,5)22(18,2)3)15-19(24(25)6)17-12-8-7-9-13-17/h7-19H,1-6H3;7-15H,1-6H3/q2*+1. The van der Waals surface area contributed by atoms with Gasteiger partial charge in [0, 0.05) is 38.9 Å². The number of benzene rings is 5. The fraction of sp³-hybridized carbons (Fsp3) is 0.308. The van der Waals surface area contributed by atoms with Crippen LogP contribution in [0.4, 0.5) is 0 Å². The summed E-state index contributed by atoms with van der Waals surface area (Å²) in [4.78, 5) is 0. The first kappa shape index (κ1) is 37.4. The number of aromatic nitrogens is 4. The molecule has 0 aliphatic carbocycles. The van der Waals surface area contributed by atoms with E-state index < -0.39 is 0 Å². The van der Waals surface area contributed by atoms with Gasteiger partial charge in [0.1, 0.15) is 17.1 Å². The number of rotatable bonds is 3. The molecule has 0 bridgehead atoms. The summed E-state index contributed by atoms with van der Waals surface area (Å²) < 4.78 is 9.60. The maximum atomic E-state index is 2.49. The number of nitrogens with zero attached hydrogens (tertiary/aromatic N) is 4. The molecule has 0 spiro atoms. The Morgan fingerprint density at radius 1 is 0.429 bits per heavy atom. The van der Waals surface area contributed by atoms with Crippen LogP contribution in [0.15, 0.2) is 133 Å². The molecule has 0 saturated heterocycles. The van der Waals surface area contributed by atoms with Crippen LogP contribution in [0.3, 0.4) is 0 Å². The van der Waals surface area contributed by atoms with Crippen LogP contribution in [0.5, 0.6) is 0 Å². The Morgan fingerprint density at radius 2 is 0.875 bits per heavy atom. The van der Waals surface area contributed by atoms with Crippen molar-refractivity contribution in [2.45, 2.75) is 90.9 Å². The van der Waals surface area contributed by atoms with Gasteiger partial charge in [-0.15, -0.1) is 18.7 Å². The maximum absolute atomic E-state index is 2.49. The Labute approximate surface area is 334 Å². The van der Waals surface area contributed by atoms with Crippen LogP contribution in [0.25, 0.3) is 45.0 Å². The number of aryl methyl sites for hydroxylation is 2. The van der Waals surface area contributed by atoms with Gasteiger partial charge < -0.3 is 0 Å². The molecular formula is C52H58N4+2. The van der Waals surface area contributed by atoms with Crippen molar-refractivity contribution in [1.82, 2.24) is 9.36 Å². The van der Waals surface area contributed by atoms with Gasteiger partial charge in [-0.2, -0.15) is 0 Å². The smallest absolute Gasteiger partial charge is 0.124 e. The fourth-order valence-electron chi connectivity index (χ4n) is 9.60. The average molecular weight is 739 g/mol. The van der Waals surface area contributed by atoms with Gasteiger partial charge >= 0.3 is 0 Å². The van der Waals surface area contributed by atoms with Gasteiger partial charge in [-0.25, -0.2) is 0 Å². The summed E-state index contributed by atoms with van der Waals surface area (Å²) in [5.41, 5.74) is 18.5. The van der Waals surface area contributed by atoms with E-state index in [0.29, 0.717) is 0 Å². The third kappa shape index (κ3) is 5.25. The van der Waals surface area contributed by atoms with Gasteiger partial charge in [0.05, 0.1) is 11.3 Å². The lowest BCUT2D eigenvalue weighted by Crippen LogP contribution is -2.51. The summed E-state index contributed by atoms with van der Waals surface area (Å²) in [6.45, 7) is 23.6. The SMILES string of the molecule is Cc1cccc2c1-n1c(c(-c3ccccc3)c(-c3ccccc3)[n+]1C)C(C)(C)C2(C)C.Cc1cccc2c1-n1c(cc(-c3ccccc3)[n+]1C)C(C)(C)C2(C)C. The minimum absolute atomic E-state index is 0.0206. The van der Waals surface area contributed by atoms with Gasteiger partial charge in [-0.3, -0.25) is 0 Å². The summed E-state index contributed by atoms with van der Waals surface area (Å²) in [5, 5.41) is 0. The monoisotopic (exact) mass is 738 g/mol. The lowest BCUT2D eigenvalue weighted by atomic mass is 9.59. The van der Waals surface area contributed by atoms with Crippen molar-refractivity contribution in [3.05, 3.63) is 167 Å². The van der Waals surface area contributed by atoms with E-state index in [9.17, 15) is 0 Å². The second-order valence-electron chi connectivity index (χ2n) is 18.2. The van der Waals surface area contributed by atoms with Crippen LogP contribution in [-0.4, -0.2) is 9.36 Å². The summed E-state index contributed by atoms with van der Waals surface area (Å²) in [6, 6.07) is 48.2. The molecule has 0 saturated carbocycles. The molecular weight excluding hydrogens is 681 g/mol. The Kier molecular flexibility index (Phi) is 8.73. The third-order valence-corrected chi connectivity index (χ3v) is 14.2. The van der Waals surface area contributed by atoms with Crippen LogP contribution in [0, 0.1) is 13.8 Å². The highest BCUT2D eigenvalue weighted by Crippen LogP contribution is 2.54. The van der Waals surface area contributed by atoms with Crippen LogP contribution in [0.1, 0.15) is 89.0 Å². The molecule has 0 N–H and O–H groups in total. The fourth-order valence-corrected chi connectivity index (χ4v) is 9.60. The quantitative estimate of drug-likeness (QED) is 0.161. The minimum atomic E-state index is -0.0796. The average Bonchev–Trinajstić information content (AvgIpc) is 3.69. The van der Waals surface area contributed by atoms with Crippen molar-refractivity contribution in [3.63, 3.8) is 0 Å². The lowest BCUT2D eigenvalue weighted by Gasteiger charge is -2.46. The number of hydrogen-bond acceptors (Lipinski definition) is 0. The van der Waals surface area contributed by atoms with Crippen molar-refractivity contribution in [3.8, 4) is 45.0 Å². The van der Waals surface area contributed by atoms with E-state index in [0.717, 1.165) is 0 Å². The zero-order chi connectivity index (χ0) is 39.9. The molecule has 9 rings (SSSR count). The number of fused-ring (bicyclic) bond motifs is 6. The normalized spacial score (nSPS) is 16.4. The molecule has 5 aromatic carbocycles. The molecule has 2 aliphatic heterocycles. The van der Waals surface area contributed by atoms with E-state index in [1.165, 1.54) is 78.7 Å². The summed E-state index contributed by atoms with van der Waals surface area (Å²) in [6.07, 6.45) is 0. The van der Waals surface area contributed by atoms with E-state index >= 15 is 0 Å². The molecule has 7 aromatic rings. The van der Waals surface area contributed by atoms with Crippen molar-refractivity contribution in [2.24, 2.45) is 14.1 Å². The maximum Gasteiger partial charge on any atom is 0.246 e. The van der Waals surface area contributed by atoms with E-state index in [4.69, 9.17) is 0 Å². The predicted molar refractivity (Wildman–Crippen MR) is 232 cm³/mol. The second kappa shape index (κ2) is 13.0. The number of para-hydroxylation sites is 2. The Balaban J connectivity index is 0.000000161. The Bertz CT molecular complexity index is 2600. The van der Waals surface area contributed by atoms with Gasteiger partial charge in [-0.05, 0) is 65.9 Å². The Hall–Kier alpha value is -5.48. The van der Waals surface area contributed by atoms with Gasteiger partial charge in [0.15, 0.2) is 14.1 Å². The molecule has 0 fully saturated rings. The van der Waals surface area contributed by atoms with Crippen molar-refractivity contribution in [1.29, 1.82) is 0 Å². The molecule has 4 heterocycles. The van der Waals surface area contributed by atoms with Crippen LogP contribution < -0.4 is 9.36 Å². The first-order valence-corrected chi connectivity index (χ1v) is 20.2. The summed E-state index contributed by atoms with van der Waals surface area (Å²) in [5.74, 6) is 0. The zero-order valence-corrected chi connectivity index (χ0v) is 35.5. The second-order valence-corrected chi connectivity index (χ2v) is 18.2. The largest absolute Gasteiger partial charge is 0.246 e. The van der Waals surface area contributed by atoms with Crippen LogP contribution >= 0.6 is 0 Å². The van der Waals surface area contributed by atoms with E-state index in [1.54, 1.807) is 0 Å². The topological polar surface area (TPSA) is 17.6 Å². The first-order valence-electron chi connectivity index (χ1n) is 20.2. The first-order chi connectivity index (χ1) is 26.5. The van der Waals surface area contributed by atoms with Crippen molar-refractivity contribution < 1.29 is 9.36 Å². The Morgan fingerprint density at radius 3 is 1.39 bits per heavy atom. The third-order valence-electron chi connectivity index (χ3n) is 14.2.